The summed E-state index contributed by atoms with van der Waals surface area (Å²) < 4.78 is 5.21. The Morgan fingerprint density at radius 3 is 2.58 bits per heavy atom. The highest BCUT2D eigenvalue weighted by Crippen LogP contribution is 2.17. The Morgan fingerprint density at radius 1 is 1.16 bits per heavy atom. The zero-order valence-corrected chi connectivity index (χ0v) is 10.4. The average molecular weight is 252 g/mol. The molecule has 2 aromatic carbocycles. The van der Waals surface area contributed by atoms with Gasteiger partial charge < -0.3 is 4.74 Å². The summed E-state index contributed by atoms with van der Waals surface area (Å²) in [6.07, 6.45) is -0.499. The van der Waals surface area contributed by atoms with Crippen LogP contribution in [0.15, 0.2) is 54.6 Å². The molecule has 0 radical (unpaired) electrons. The van der Waals surface area contributed by atoms with Crippen molar-refractivity contribution in [3.05, 3.63) is 60.2 Å². The molecule has 2 rings (SSSR count). The second-order valence-electron chi connectivity index (χ2n) is 3.90. The third kappa shape index (κ3) is 3.11. The Bertz CT molecular complexity index is 618. The van der Waals surface area contributed by atoms with E-state index in [9.17, 15) is 4.79 Å². The minimum absolute atomic E-state index is 0.482. The molecule has 0 aromatic heterocycles. The molecule has 0 spiro atoms. The highest BCUT2D eigenvalue weighted by atomic mass is 16.6. The number of ether oxygens (including phenoxy) is 1. The lowest BCUT2D eigenvalue weighted by Gasteiger charge is -2.16. The van der Waals surface area contributed by atoms with Crippen molar-refractivity contribution < 1.29 is 9.53 Å². The number of rotatable bonds is 2. The number of para-hydroxylation sites is 1. The first-order valence-electron chi connectivity index (χ1n) is 5.71. The molecule has 94 valence electrons. The zero-order chi connectivity index (χ0) is 13.7. The van der Waals surface area contributed by atoms with E-state index in [2.05, 4.69) is 0 Å². The van der Waals surface area contributed by atoms with Gasteiger partial charge in [-0.05, 0) is 30.3 Å². The highest BCUT2D eigenvalue weighted by molar-refractivity contribution is 5.88. The number of anilines is 1. The lowest BCUT2D eigenvalue weighted by atomic mass is 10.2. The molecule has 0 atom stereocenters. The van der Waals surface area contributed by atoms with E-state index in [0.717, 1.165) is 0 Å². The van der Waals surface area contributed by atoms with Crippen molar-refractivity contribution in [2.75, 3.05) is 11.9 Å². The van der Waals surface area contributed by atoms with Crippen LogP contribution in [-0.2, 0) is 0 Å². The lowest BCUT2D eigenvalue weighted by Crippen LogP contribution is -2.29. The van der Waals surface area contributed by atoms with Crippen molar-refractivity contribution in [3.63, 3.8) is 0 Å². The molecule has 0 saturated heterocycles. The Balaban J connectivity index is 2.13. The number of hydrogen-bond donors (Lipinski definition) is 0. The SMILES string of the molecule is CN(C(=O)Oc1ccccc1)c1cccc(C#N)c1. The van der Waals surface area contributed by atoms with Crippen LogP contribution in [0.25, 0.3) is 0 Å². The van der Waals surface area contributed by atoms with Gasteiger partial charge in [-0.3, -0.25) is 4.90 Å². The molecule has 0 heterocycles. The zero-order valence-electron chi connectivity index (χ0n) is 10.4. The quantitative estimate of drug-likeness (QED) is 0.824. The van der Waals surface area contributed by atoms with Gasteiger partial charge in [-0.15, -0.1) is 0 Å². The van der Waals surface area contributed by atoms with Crippen molar-refractivity contribution in [1.29, 1.82) is 5.26 Å². The van der Waals surface area contributed by atoms with Crippen LogP contribution in [-0.4, -0.2) is 13.1 Å². The van der Waals surface area contributed by atoms with E-state index < -0.39 is 6.09 Å². The number of amides is 1. The van der Waals surface area contributed by atoms with Crippen LogP contribution < -0.4 is 9.64 Å². The summed E-state index contributed by atoms with van der Waals surface area (Å²) in [5.41, 5.74) is 1.11. The molecule has 0 saturated carbocycles. The largest absolute Gasteiger partial charge is 0.419 e. The molecule has 0 aliphatic carbocycles. The lowest BCUT2D eigenvalue weighted by molar-refractivity contribution is 0.209. The van der Waals surface area contributed by atoms with Crippen molar-refractivity contribution in [1.82, 2.24) is 0 Å². The van der Waals surface area contributed by atoms with Gasteiger partial charge in [-0.25, -0.2) is 4.79 Å². The summed E-state index contributed by atoms with van der Waals surface area (Å²) >= 11 is 0. The molecule has 4 nitrogen and oxygen atoms in total. The summed E-state index contributed by atoms with van der Waals surface area (Å²) in [4.78, 5) is 13.3. The molecule has 4 heteroatoms. The summed E-state index contributed by atoms with van der Waals surface area (Å²) in [5, 5.41) is 8.83. The fourth-order valence-electron chi connectivity index (χ4n) is 1.55. The Labute approximate surface area is 111 Å². The maximum Gasteiger partial charge on any atom is 0.419 e. The van der Waals surface area contributed by atoms with Crippen molar-refractivity contribution >= 4 is 11.8 Å². The predicted octanol–water partition coefficient (Wildman–Crippen LogP) is 3.19. The fourth-order valence-corrected chi connectivity index (χ4v) is 1.55. The first-order chi connectivity index (χ1) is 9.20. The predicted molar refractivity (Wildman–Crippen MR) is 72.0 cm³/mol. The van der Waals surface area contributed by atoms with Gasteiger partial charge in [0.25, 0.3) is 0 Å². The molecule has 0 N–H and O–H groups in total. The Hall–Kier alpha value is -2.80. The number of carbonyl (C=O) groups excluding carboxylic acids is 1. The van der Waals surface area contributed by atoms with E-state index in [1.807, 2.05) is 12.1 Å². The maximum atomic E-state index is 11.9. The van der Waals surface area contributed by atoms with Gasteiger partial charge in [0.05, 0.1) is 11.6 Å². The Morgan fingerprint density at radius 2 is 1.89 bits per heavy atom. The van der Waals surface area contributed by atoms with E-state index in [1.165, 1.54) is 4.90 Å². The van der Waals surface area contributed by atoms with Gasteiger partial charge in [-0.2, -0.15) is 5.26 Å². The van der Waals surface area contributed by atoms with Crippen molar-refractivity contribution in [3.8, 4) is 11.8 Å². The molecule has 1 amide bonds. The smallest absolute Gasteiger partial charge is 0.410 e. The first kappa shape index (κ1) is 12.7. The second-order valence-corrected chi connectivity index (χ2v) is 3.90. The average Bonchev–Trinajstić information content (AvgIpc) is 2.47. The van der Waals surface area contributed by atoms with Crippen LogP contribution in [0.4, 0.5) is 10.5 Å². The molecular formula is C15H12N2O2. The van der Waals surface area contributed by atoms with Gasteiger partial charge in [0.2, 0.25) is 0 Å². The summed E-state index contributed by atoms with van der Waals surface area (Å²) in [6, 6.07) is 17.6. The minimum atomic E-state index is -0.499. The Kier molecular flexibility index (Phi) is 3.79. The molecule has 19 heavy (non-hydrogen) atoms. The monoisotopic (exact) mass is 252 g/mol. The van der Waals surface area contributed by atoms with Gasteiger partial charge in [0.1, 0.15) is 5.75 Å². The van der Waals surface area contributed by atoms with Gasteiger partial charge in [0, 0.05) is 12.7 Å². The summed E-state index contributed by atoms with van der Waals surface area (Å²) in [7, 11) is 1.60. The van der Waals surface area contributed by atoms with E-state index >= 15 is 0 Å². The molecule has 0 fully saturated rings. The minimum Gasteiger partial charge on any atom is -0.410 e. The van der Waals surface area contributed by atoms with Crippen LogP contribution in [0.3, 0.4) is 0 Å². The van der Waals surface area contributed by atoms with Crippen LogP contribution in [0, 0.1) is 11.3 Å². The van der Waals surface area contributed by atoms with Gasteiger partial charge in [0.15, 0.2) is 0 Å². The third-order valence-electron chi connectivity index (χ3n) is 2.58. The van der Waals surface area contributed by atoms with Crippen molar-refractivity contribution in [2.45, 2.75) is 0 Å². The maximum absolute atomic E-state index is 11.9. The molecule has 0 unspecified atom stereocenters. The fraction of sp³-hybridized carbons (Fsp3) is 0.0667. The molecule has 0 aliphatic rings. The van der Waals surface area contributed by atoms with Crippen LogP contribution >= 0.6 is 0 Å². The van der Waals surface area contributed by atoms with E-state index in [-0.39, 0.29) is 0 Å². The molecular weight excluding hydrogens is 240 g/mol. The number of nitriles is 1. The van der Waals surface area contributed by atoms with E-state index in [4.69, 9.17) is 10.00 Å². The first-order valence-corrected chi connectivity index (χ1v) is 5.71. The van der Waals surface area contributed by atoms with Crippen molar-refractivity contribution in [2.24, 2.45) is 0 Å². The number of nitrogens with zero attached hydrogens (tertiary/aromatic N) is 2. The summed E-state index contributed by atoms with van der Waals surface area (Å²) in [6.45, 7) is 0. The standard InChI is InChI=1S/C15H12N2O2/c1-17(13-7-5-6-12(10-13)11-16)15(18)19-14-8-3-2-4-9-14/h2-10H,1H3. The third-order valence-corrected chi connectivity index (χ3v) is 2.58. The van der Waals surface area contributed by atoms with Gasteiger partial charge >= 0.3 is 6.09 Å². The topological polar surface area (TPSA) is 53.3 Å². The molecule has 0 bridgehead atoms. The van der Waals surface area contributed by atoms with Crippen LogP contribution in [0.1, 0.15) is 5.56 Å². The van der Waals surface area contributed by atoms with E-state index in [1.54, 1.807) is 55.6 Å². The van der Waals surface area contributed by atoms with E-state index in [0.29, 0.717) is 17.0 Å². The van der Waals surface area contributed by atoms with Crippen LogP contribution in [0.2, 0.25) is 0 Å². The highest BCUT2D eigenvalue weighted by Gasteiger charge is 2.13. The molecule has 2 aromatic rings. The normalized spacial score (nSPS) is 9.47. The van der Waals surface area contributed by atoms with Gasteiger partial charge in [-0.1, -0.05) is 24.3 Å². The number of carbonyl (C=O) groups is 1. The molecule has 0 aliphatic heterocycles. The summed E-state index contributed by atoms with van der Waals surface area (Å²) in [5.74, 6) is 0.482. The number of hydrogen-bond acceptors (Lipinski definition) is 3. The second kappa shape index (κ2) is 5.69. The number of benzene rings is 2. The van der Waals surface area contributed by atoms with Crippen LogP contribution in [0.5, 0.6) is 5.75 Å².